The summed E-state index contributed by atoms with van der Waals surface area (Å²) in [5, 5.41) is 5.15. The van der Waals surface area contributed by atoms with Gasteiger partial charge in [0.15, 0.2) is 0 Å². The van der Waals surface area contributed by atoms with Gasteiger partial charge >= 0.3 is 0 Å². The predicted molar refractivity (Wildman–Crippen MR) is 93.1 cm³/mol. The number of nitrogens with zero attached hydrogens (tertiary/aromatic N) is 3. The minimum absolute atomic E-state index is 0.0385. The molecule has 2 aromatic rings. The molecular weight excluding hydrogens is 389 g/mol. The van der Waals surface area contributed by atoms with Crippen molar-refractivity contribution in [3.8, 4) is 0 Å². The number of ether oxygens (including phenoxy) is 1. The van der Waals surface area contributed by atoms with Crippen molar-refractivity contribution in [1.82, 2.24) is 14.8 Å². The van der Waals surface area contributed by atoms with Gasteiger partial charge in [0.2, 0.25) is 0 Å². The van der Waals surface area contributed by atoms with Crippen LogP contribution < -0.4 is 0 Å². The number of benzene rings is 1. The van der Waals surface area contributed by atoms with Crippen LogP contribution in [-0.4, -0.2) is 42.1 Å². The summed E-state index contributed by atoms with van der Waals surface area (Å²) in [6, 6.07) is 5.22. The summed E-state index contributed by atoms with van der Waals surface area (Å²) in [4.78, 5) is 3.95. The van der Waals surface area contributed by atoms with E-state index in [4.69, 9.17) is 32.1 Å². The lowest BCUT2D eigenvalue weighted by molar-refractivity contribution is -0.0708. The van der Waals surface area contributed by atoms with Crippen molar-refractivity contribution in [3.05, 3.63) is 46.5 Å². The van der Waals surface area contributed by atoms with Crippen LogP contribution in [0.25, 0.3) is 0 Å². The lowest BCUT2D eigenvalue weighted by Crippen LogP contribution is -2.33. The molecule has 1 aromatic heterocycles. The number of hydrogen-bond acceptors (Lipinski definition) is 6. The first-order valence-corrected chi connectivity index (χ1v) is 10.1. The van der Waals surface area contributed by atoms with Crippen LogP contribution in [0.15, 0.2) is 30.9 Å². The largest absolute Gasteiger partial charge is 0.363 e. The fourth-order valence-corrected chi connectivity index (χ4v) is 3.96. The number of aromatic nitrogens is 3. The Hall–Kier alpha value is -1.19. The molecule has 0 amide bonds. The molecule has 7 nitrogen and oxygen atoms in total. The number of rotatable bonds is 6. The highest BCUT2D eigenvalue weighted by atomic mass is 35.5. The molecule has 0 saturated carbocycles. The molecule has 0 radical (unpaired) electrons. The summed E-state index contributed by atoms with van der Waals surface area (Å²) >= 11 is 12.4. The van der Waals surface area contributed by atoms with Crippen LogP contribution in [0, 0.1) is 0 Å². The standard InChI is InChI=1S/C15H17Cl2N3O4S/c1-25(21,22)23-7-12-4-5-15(24-12,8-20-10-18-9-19-20)13-3-2-11(16)6-14(13)17/h2-3,6,9-10,12H,4-5,7-8H2,1H3. The van der Waals surface area contributed by atoms with Crippen LogP contribution in [0.3, 0.4) is 0 Å². The van der Waals surface area contributed by atoms with Gasteiger partial charge in [0.1, 0.15) is 18.3 Å². The summed E-state index contributed by atoms with van der Waals surface area (Å²) in [6.45, 7) is 0.354. The lowest BCUT2D eigenvalue weighted by Gasteiger charge is -2.31. The van der Waals surface area contributed by atoms with E-state index in [1.165, 1.54) is 6.33 Å². The Bertz CT molecular complexity index is 844. The van der Waals surface area contributed by atoms with Crippen molar-refractivity contribution in [1.29, 1.82) is 0 Å². The van der Waals surface area contributed by atoms with Crippen molar-refractivity contribution in [3.63, 3.8) is 0 Å². The Kier molecular flexibility index (Phi) is 5.36. The molecule has 2 atom stereocenters. The fourth-order valence-electron chi connectivity index (χ4n) is 2.98. The van der Waals surface area contributed by atoms with Crippen LogP contribution >= 0.6 is 23.2 Å². The van der Waals surface area contributed by atoms with Crippen LogP contribution in [0.2, 0.25) is 10.0 Å². The Morgan fingerprint density at radius 2 is 2.24 bits per heavy atom. The monoisotopic (exact) mass is 405 g/mol. The maximum Gasteiger partial charge on any atom is 0.264 e. The zero-order chi connectivity index (χ0) is 18.1. The van der Waals surface area contributed by atoms with E-state index in [2.05, 4.69) is 10.1 Å². The average molecular weight is 406 g/mol. The summed E-state index contributed by atoms with van der Waals surface area (Å²) in [5.74, 6) is 0. The SMILES string of the molecule is CS(=O)(=O)OCC1CCC(Cn2cncn2)(c2ccc(Cl)cc2Cl)O1. The zero-order valence-corrected chi connectivity index (χ0v) is 15.8. The quantitative estimate of drug-likeness (QED) is 0.686. The van der Waals surface area contributed by atoms with Gasteiger partial charge in [0, 0.05) is 15.6 Å². The first kappa shape index (κ1) is 18.6. The van der Waals surface area contributed by atoms with Crippen LogP contribution in [0.1, 0.15) is 18.4 Å². The lowest BCUT2D eigenvalue weighted by atomic mass is 9.90. The van der Waals surface area contributed by atoms with Crippen LogP contribution in [-0.2, 0) is 31.2 Å². The first-order chi connectivity index (χ1) is 11.8. The van der Waals surface area contributed by atoms with Gasteiger partial charge in [-0.25, -0.2) is 9.67 Å². The Morgan fingerprint density at radius 1 is 1.44 bits per heavy atom. The molecule has 1 fully saturated rings. The molecule has 1 aliphatic rings. The number of halogens is 2. The van der Waals surface area contributed by atoms with E-state index in [-0.39, 0.29) is 12.7 Å². The second-order valence-corrected chi connectivity index (χ2v) is 8.47. The highest BCUT2D eigenvalue weighted by Gasteiger charge is 2.44. The molecule has 3 rings (SSSR count). The average Bonchev–Trinajstić information content (AvgIpc) is 3.15. The van der Waals surface area contributed by atoms with Gasteiger partial charge in [-0.05, 0) is 25.0 Å². The third kappa shape index (κ3) is 4.51. The second kappa shape index (κ2) is 7.20. The van der Waals surface area contributed by atoms with Crippen LogP contribution in [0.4, 0.5) is 0 Å². The predicted octanol–water partition coefficient (Wildman–Crippen LogP) is 2.64. The molecule has 1 aromatic carbocycles. The molecule has 1 saturated heterocycles. The topological polar surface area (TPSA) is 83.3 Å². The maximum absolute atomic E-state index is 11.2. The Balaban J connectivity index is 1.88. The minimum atomic E-state index is -3.53. The molecule has 10 heteroatoms. The summed E-state index contributed by atoms with van der Waals surface area (Å²) in [7, 11) is -3.53. The van der Waals surface area contributed by atoms with E-state index < -0.39 is 15.7 Å². The highest BCUT2D eigenvalue weighted by Crippen LogP contribution is 2.44. The summed E-state index contributed by atoms with van der Waals surface area (Å²) < 4.78 is 35.2. The van der Waals surface area contributed by atoms with Gasteiger partial charge in [-0.1, -0.05) is 29.3 Å². The van der Waals surface area contributed by atoms with E-state index in [1.807, 2.05) is 6.07 Å². The van der Waals surface area contributed by atoms with Gasteiger partial charge in [0.25, 0.3) is 10.1 Å². The van der Waals surface area contributed by atoms with E-state index in [0.717, 1.165) is 11.8 Å². The summed E-state index contributed by atoms with van der Waals surface area (Å²) in [5.41, 5.74) is 0.0110. The van der Waals surface area contributed by atoms with Gasteiger partial charge in [-0.3, -0.25) is 4.18 Å². The molecule has 136 valence electrons. The number of hydrogen-bond donors (Lipinski definition) is 0. The van der Waals surface area contributed by atoms with Crippen LogP contribution in [0.5, 0.6) is 0 Å². The minimum Gasteiger partial charge on any atom is -0.363 e. The van der Waals surface area contributed by atoms with Gasteiger partial charge in [-0.15, -0.1) is 0 Å². The normalized spacial score (nSPS) is 23.9. The van der Waals surface area contributed by atoms with Gasteiger partial charge in [0.05, 0.1) is 25.5 Å². The Labute approximate surface area is 156 Å². The second-order valence-electron chi connectivity index (χ2n) is 5.98. The summed E-state index contributed by atoms with van der Waals surface area (Å²) in [6.07, 6.45) is 4.94. The molecular formula is C15H17Cl2N3O4S. The maximum atomic E-state index is 11.2. The van der Waals surface area contributed by atoms with E-state index in [1.54, 1.807) is 23.1 Å². The molecule has 25 heavy (non-hydrogen) atoms. The molecule has 0 bridgehead atoms. The first-order valence-electron chi connectivity index (χ1n) is 7.58. The van der Waals surface area contributed by atoms with Gasteiger partial charge in [-0.2, -0.15) is 13.5 Å². The fraction of sp³-hybridized carbons (Fsp3) is 0.467. The van der Waals surface area contributed by atoms with E-state index in [0.29, 0.717) is 29.4 Å². The van der Waals surface area contributed by atoms with Crippen molar-refractivity contribution in [2.24, 2.45) is 0 Å². The zero-order valence-electron chi connectivity index (χ0n) is 13.4. The third-order valence-electron chi connectivity index (χ3n) is 4.04. The van der Waals surface area contributed by atoms with Crippen molar-refractivity contribution < 1.29 is 17.3 Å². The van der Waals surface area contributed by atoms with Crippen molar-refractivity contribution in [2.45, 2.75) is 31.1 Å². The molecule has 2 heterocycles. The van der Waals surface area contributed by atoms with Crippen molar-refractivity contribution >= 4 is 33.3 Å². The highest BCUT2D eigenvalue weighted by molar-refractivity contribution is 7.85. The molecule has 0 N–H and O–H groups in total. The molecule has 0 spiro atoms. The molecule has 0 aliphatic carbocycles. The Morgan fingerprint density at radius 3 is 2.88 bits per heavy atom. The van der Waals surface area contributed by atoms with E-state index in [9.17, 15) is 8.42 Å². The third-order valence-corrected chi connectivity index (χ3v) is 5.15. The van der Waals surface area contributed by atoms with E-state index >= 15 is 0 Å². The molecule has 2 unspecified atom stereocenters. The van der Waals surface area contributed by atoms with Crippen molar-refractivity contribution in [2.75, 3.05) is 12.9 Å². The molecule has 1 aliphatic heterocycles. The smallest absolute Gasteiger partial charge is 0.264 e. The van der Waals surface area contributed by atoms with Gasteiger partial charge < -0.3 is 4.74 Å².